The lowest BCUT2D eigenvalue weighted by Crippen LogP contribution is -2.08. The molecule has 0 fully saturated rings. The highest BCUT2D eigenvalue weighted by atomic mass is 19.2. The summed E-state index contributed by atoms with van der Waals surface area (Å²) in [4.78, 5) is 10.2. The summed E-state index contributed by atoms with van der Waals surface area (Å²) < 4.78 is 52.4. The van der Waals surface area contributed by atoms with Crippen molar-refractivity contribution in [1.29, 1.82) is 0 Å². The van der Waals surface area contributed by atoms with Gasteiger partial charge < -0.3 is 5.11 Å². The summed E-state index contributed by atoms with van der Waals surface area (Å²) in [5.41, 5.74) is -1.63. The standard InChI is InChI=1S/C10H8F4O2/c1-4-7(11)9(13)5(2-3-6(15)16)10(14)8(4)12/h2-3H2,1H3,(H,15,16). The van der Waals surface area contributed by atoms with E-state index in [0.717, 1.165) is 6.92 Å². The SMILES string of the molecule is Cc1c(F)c(F)c(CCC(=O)O)c(F)c1F. The molecule has 0 aliphatic carbocycles. The van der Waals surface area contributed by atoms with Gasteiger partial charge in [-0.25, -0.2) is 17.6 Å². The maximum Gasteiger partial charge on any atom is 0.303 e. The summed E-state index contributed by atoms with van der Waals surface area (Å²) in [7, 11) is 0. The van der Waals surface area contributed by atoms with Crippen molar-refractivity contribution in [3.05, 3.63) is 34.4 Å². The fourth-order valence-corrected chi connectivity index (χ4v) is 1.24. The second-order valence-corrected chi connectivity index (χ2v) is 3.25. The van der Waals surface area contributed by atoms with Crippen LogP contribution in [0.3, 0.4) is 0 Å². The molecule has 0 amide bonds. The van der Waals surface area contributed by atoms with Gasteiger partial charge in [0.15, 0.2) is 23.3 Å². The zero-order valence-corrected chi connectivity index (χ0v) is 8.28. The fraction of sp³-hybridized carbons (Fsp3) is 0.300. The van der Waals surface area contributed by atoms with Crippen LogP contribution in [0.4, 0.5) is 17.6 Å². The van der Waals surface area contributed by atoms with Crippen molar-refractivity contribution in [2.75, 3.05) is 0 Å². The van der Waals surface area contributed by atoms with E-state index in [1.165, 1.54) is 0 Å². The van der Waals surface area contributed by atoms with Crippen LogP contribution in [0.2, 0.25) is 0 Å². The molecule has 0 unspecified atom stereocenters. The average Bonchev–Trinajstić information content (AvgIpc) is 2.23. The monoisotopic (exact) mass is 236 g/mol. The molecule has 0 saturated heterocycles. The van der Waals surface area contributed by atoms with E-state index in [-0.39, 0.29) is 0 Å². The Labute approximate surface area is 88.5 Å². The Morgan fingerprint density at radius 3 is 1.88 bits per heavy atom. The first-order chi connectivity index (χ1) is 7.36. The topological polar surface area (TPSA) is 37.3 Å². The van der Waals surface area contributed by atoms with Crippen molar-refractivity contribution in [2.24, 2.45) is 0 Å². The summed E-state index contributed by atoms with van der Waals surface area (Å²) in [6.45, 7) is 0.901. The number of carbonyl (C=O) groups is 1. The van der Waals surface area contributed by atoms with Gasteiger partial charge in [-0.05, 0) is 13.3 Å². The van der Waals surface area contributed by atoms with Crippen LogP contribution in [-0.2, 0) is 11.2 Å². The van der Waals surface area contributed by atoms with Crippen molar-refractivity contribution >= 4 is 5.97 Å². The van der Waals surface area contributed by atoms with Crippen molar-refractivity contribution in [2.45, 2.75) is 19.8 Å². The zero-order chi connectivity index (χ0) is 12.5. The lowest BCUT2D eigenvalue weighted by molar-refractivity contribution is -0.136. The lowest BCUT2D eigenvalue weighted by Gasteiger charge is -2.08. The first-order valence-electron chi connectivity index (χ1n) is 4.39. The minimum absolute atomic E-state index is 0.596. The Kier molecular flexibility index (Phi) is 3.51. The Hall–Kier alpha value is -1.59. The van der Waals surface area contributed by atoms with E-state index in [0.29, 0.717) is 0 Å². The van der Waals surface area contributed by atoms with E-state index in [9.17, 15) is 22.4 Å². The summed E-state index contributed by atoms with van der Waals surface area (Å²) in [5, 5.41) is 8.32. The molecule has 88 valence electrons. The third-order valence-corrected chi connectivity index (χ3v) is 2.16. The number of aliphatic carboxylic acids is 1. The van der Waals surface area contributed by atoms with Crippen molar-refractivity contribution < 1.29 is 27.5 Å². The molecule has 0 aliphatic rings. The molecule has 0 bridgehead atoms. The van der Waals surface area contributed by atoms with Gasteiger partial charge in [0.25, 0.3) is 0 Å². The van der Waals surface area contributed by atoms with E-state index in [4.69, 9.17) is 5.11 Å². The molecule has 0 atom stereocenters. The average molecular weight is 236 g/mol. The minimum Gasteiger partial charge on any atom is -0.481 e. The van der Waals surface area contributed by atoms with Gasteiger partial charge in [-0.3, -0.25) is 4.79 Å². The van der Waals surface area contributed by atoms with Gasteiger partial charge >= 0.3 is 5.97 Å². The third-order valence-electron chi connectivity index (χ3n) is 2.16. The Morgan fingerprint density at radius 1 is 1.06 bits per heavy atom. The largest absolute Gasteiger partial charge is 0.481 e. The van der Waals surface area contributed by atoms with Gasteiger partial charge in [-0.15, -0.1) is 0 Å². The molecule has 0 heterocycles. The van der Waals surface area contributed by atoms with Crippen molar-refractivity contribution in [3.63, 3.8) is 0 Å². The van der Waals surface area contributed by atoms with Crippen LogP contribution in [-0.4, -0.2) is 11.1 Å². The van der Waals surface area contributed by atoms with Crippen LogP contribution in [0, 0.1) is 30.2 Å². The maximum absolute atomic E-state index is 13.2. The van der Waals surface area contributed by atoms with Gasteiger partial charge in [-0.2, -0.15) is 0 Å². The quantitative estimate of drug-likeness (QED) is 0.646. The Morgan fingerprint density at radius 2 is 1.50 bits per heavy atom. The van der Waals surface area contributed by atoms with Crippen molar-refractivity contribution in [1.82, 2.24) is 0 Å². The number of hydrogen-bond donors (Lipinski definition) is 1. The number of halogens is 4. The van der Waals surface area contributed by atoms with E-state index < -0.39 is 53.2 Å². The van der Waals surface area contributed by atoms with Gasteiger partial charge in [0.2, 0.25) is 0 Å². The van der Waals surface area contributed by atoms with Crippen LogP contribution in [0.5, 0.6) is 0 Å². The van der Waals surface area contributed by atoms with Crippen molar-refractivity contribution in [3.8, 4) is 0 Å². The number of carboxylic acids is 1. The molecular weight excluding hydrogens is 228 g/mol. The molecule has 16 heavy (non-hydrogen) atoms. The molecule has 0 spiro atoms. The predicted molar refractivity (Wildman–Crippen MR) is 47.0 cm³/mol. The molecule has 1 aromatic rings. The van der Waals surface area contributed by atoms with Crippen LogP contribution in [0.15, 0.2) is 0 Å². The second kappa shape index (κ2) is 4.51. The molecule has 0 radical (unpaired) electrons. The molecule has 1 N–H and O–H groups in total. The molecule has 2 nitrogen and oxygen atoms in total. The first kappa shape index (κ1) is 12.5. The van der Waals surface area contributed by atoms with E-state index in [1.54, 1.807) is 0 Å². The van der Waals surface area contributed by atoms with Gasteiger partial charge in [-0.1, -0.05) is 0 Å². The van der Waals surface area contributed by atoms with Crippen LogP contribution in [0.1, 0.15) is 17.5 Å². The Balaban J connectivity index is 3.23. The highest BCUT2D eigenvalue weighted by Gasteiger charge is 2.22. The molecule has 1 aromatic carbocycles. The van der Waals surface area contributed by atoms with Crippen LogP contribution >= 0.6 is 0 Å². The highest BCUT2D eigenvalue weighted by molar-refractivity contribution is 5.67. The lowest BCUT2D eigenvalue weighted by atomic mass is 10.0. The van der Waals surface area contributed by atoms with E-state index >= 15 is 0 Å². The van der Waals surface area contributed by atoms with Crippen LogP contribution < -0.4 is 0 Å². The molecule has 1 rings (SSSR count). The minimum atomic E-state index is -1.53. The van der Waals surface area contributed by atoms with Gasteiger partial charge in [0, 0.05) is 17.5 Å². The summed E-state index contributed by atoms with van der Waals surface area (Å²) in [6.07, 6.45) is -1.20. The maximum atomic E-state index is 13.2. The molecule has 6 heteroatoms. The molecule has 0 aromatic heterocycles. The number of benzene rings is 1. The highest BCUT2D eigenvalue weighted by Crippen LogP contribution is 2.24. The van der Waals surface area contributed by atoms with Crippen LogP contribution in [0.25, 0.3) is 0 Å². The molecular formula is C10H8F4O2. The fourth-order valence-electron chi connectivity index (χ4n) is 1.24. The summed E-state index contributed by atoms with van der Waals surface area (Å²) >= 11 is 0. The predicted octanol–water partition coefficient (Wildman–Crippen LogP) is 2.57. The number of carboxylic acid groups (broad SMARTS) is 1. The first-order valence-corrected chi connectivity index (χ1v) is 4.39. The second-order valence-electron chi connectivity index (χ2n) is 3.25. The van der Waals surface area contributed by atoms with E-state index in [1.807, 2.05) is 0 Å². The number of hydrogen-bond acceptors (Lipinski definition) is 1. The van der Waals surface area contributed by atoms with E-state index in [2.05, 4.69) is 0 Å². The smallest absolute Gasteiger partial charge is 0.303 e. The normalized spacial score (nSPS) is 10.6. The van der Waals surface area contributed by atoms with Gasteiger partial charge in [0.1, 0.15) is 0 Å². The summed E-state index contributed by atoms with van der Waals surface area (Å²) in [6, 6.07) is 0. The third kappa shape index (κ3) is 2.15. The van der Waals surface area contributed by atoms with Gasteiger partial charge in [0.05, 0.1) is 0 Å². The molecule has 0 saturated carbocycles. The number of rotatable bonds is 3. The summed E-state index contributed by atoms with van der Waals surface area (Å²) in [5.74, 6) is -7.34. The molecule has 0 aliphatic heterocycles. The zero-order valence-electron chi connectivity index (χ0n) is 8.28. The Bertz CT molecular complexity index is 414.